The second-order valence-corrected chi connectivity index (χ2v) is 16.1. The number of halogens is 2. The summed E-state index contributed by atoms with van der Waals surface area (Å²) >= 11 is 11.2. The Hall–Kier alpha value is -2.70. The Bertz CT molecular complexity index is 1770. The van der Waals surface area contributed by atoms with Crippen LogP contribution in [0.3, 0.4) is 0 Å². The summed E-state index contributed by atoms with van der Waals surface area (Å²) in [6, 6.07) is 4.33. The molecule has 57 heavy (non-hydrogen) atoms. The number of rotatable bonds is 15. The number of carboxylic acids is 1. The molecule has 3 heterocycles. The minimum absolute atomic E-state index is 0.0910. The largest absolute Gasteiger partial charge is 0.477 e. The van der Waals surface area contributed by atoms with Gasteiger partial charge in [0.15, 0.2) is 0 Å². The number of nitrogens with zero attached hydrogens (tertiary/aromatic N) is 5. The van der Waals surface area contributed by atoms with Gasteiger partial charge in [-0.25, -0.2) is 4.79 Å². The van der Waals surface area contributed by atoms with E-state index in [0.717, 1.165) is 147 Å². The van der Waals surface area contributed by atoms with Crippen molar-refractivity contribution in [1.29, 1.82) is 0 Å². The molecule has 2 aliphatic rings. The summed E-state index contributed by atoms with van der Waals surface area (Å²) in [5, 5.41) is 32.8. The van der Waals surface area contributed by atoms with Gasteiger partial charge in [0.25, 0.3) is 0 Å². The number of hydrogen-bond acceptors (Lipinski definition) is 7. The molecule has 0 saturated carbocycles. The van der Waals surface area contributed by atoms with Gasteiger partial charge in [-0.05, 0) is 102 Å². The lowest BCUT2D eigenvalue weighted by Gasteiger charge is -2.32. The van der Waals surface area contributed by atoms with Gasteiger partial charge in [0, 0.05) is 93.7 Å². The summed E-state index contributed by atoms with van der Waals surface area (Å²) in [6.45, 7) is 22.0. The van der Waals surface area contributed by atoms with Crippen molar-refractivity contribution in [3.05, 3.63) is 62.6 Å². The first-order valence-corrected chi connectivity index (χ1v) is 21.7. The highest BCUT2D eigenvalue weighted by atomic mass is 35.5. The lowest BCUT2D eigenvalue weighted by molar-refractivity contribution is 0.0682. The molecule has 2 aromatic heterocycles. The number of allylic oxidation sites excluding steroid dienone is 4. The maximum atomic E-state index is 13.2. The molecule has 1 aliphatic carbocycles. The van der Waals surface area contributed by atoms with Crippen LogP contribution >= 0.6 is 23.2 Å². The van der Waals surface area contributed by atoms with Crippen LogP contribution in [-0.2, 0) is 24.8 Å². The molecule has 12 heteroatoms. The Morgan fingerprint density at radius 1 is 0.947 bits per heavy atom. The molecule has 1 aliphatic heterocycles. The number of alkyl halides is 1. The van der Waals surface area contributed by atoms with Gasteiger partial charge in [-0.2, -0.15) is 5.10 Å². The zero-order valence-corrected chi connectivity index (χ0v) is 38.4. The standard InChI is InChI=1S/C37H52ClN5O2.C6H14O2.CH3Cl.CH4O/c1-24-12-13-30-29(11-9-10-15-37(6)16-14-25(2)33(38)26(3)23-37)35(36(44)45)43(22-21-42-19-17-40(7)18-20-42)34(30)31(24)32-27(4)39-41(8)28(32)5;1-2-3-5-8-6-4-7;2*1-2/h12-13,23H,9-11,14-22H2,1-8H3,(H,44,45);7H,2-6H2,1H3;1H3;2H,1H3. The van der Waals surface area contributed by atoms with Crippen LogP contribution in [0.2, 0.25) is 0 Å². The summed E-state index contributed by atoms with van der Waals surface area (Å²) < 4.78 is 9.05. The number of aliphatic hydroxyl groups excluding tert-OH is 2. The molecule has 1 aromatic carbocycles. The van der Waals surface area contributed by atoms with Gasteiger partial charge in [0.05, 0.1) is 24.4 Å². The number of aromatic nitrogens is 3. The summed E-state index contributed by atoms with van der Waals surface area (Å²) in [5.41, 5.74) is 10.5. The quantitative estimate of drug-likeness (QED) is 0.103. The lowest BCUT2D eigenvalue weighted by atomic mass is 9.79. The van der Waals surface area contributed by atoms with Gasteiger partial charge in [-0.15, -0.1) is 11.6 Å². The zero-order valence-electron chi connectivity index (χ0n) is 36.9. The fourth-order valence-electron chi connectivity index (χ4n) is 8.12. The Labute approximate surface area is 353 Å². The Morgan fingerprint density at radius 2 is 1.61 bits per heavy atom. The molecule has 1 unspecified atom stereocenters. The molecule has 0 bridgehead atoms. The van der Waals surface area contributed by atoms with Crippen LogP contribution in [0.1, 0.15) is 106 Å². The van der Waals surface area contributed by atoms with Gasteiger partial charge < -0.3 is 29.5 Å². The number of ether oxygens (including phenoxy) is 1. The number of aryl methyl sites for hydroxylation is 4. The summed E-state index contributed by atoms with van der Waals surface area (Å²) in [4.78, 5) is 18.0. The van der Waals surface area contributed by atoms with Crippen molar-refractivity contribution in [2.45, 2.75) is 106 Å². The second kappa shape index (κ2) is 25.0. The number of carboxylic acid groups (broad SMARTS) is 1. The molecule has 3 aromatic rings. The highest BCUT2D eigenvalue weighted by Gasteiger charge is 2.29. The number of benzene rings is 1. The minimum atomic E-state index is -0.840. The summed E-state index contributed by atoms with van der Waals surface area (Å²) in [5.74, 6) is -0.840. The van der Waals surface area contributed by atoms with Crippen molar-refractivity contribution in [2.75, 3.05) is 73.1 Å². The fraction of sp³-hybridized carbons (Fsp3) is 0.644. The second-order valence-electron chi connectivity index (χ2n) is 15.7. The van der Waals surface area contributed by atoms with Crippen molar-refractivity contribution in [1.82, 2.24) is 24.1 Å². The first-order valence-electron chi connectivity index (χ1n) is 20.6. The van der Waals surface area contributed by atoms with Crippen molar-refractivity contribution < 1.29 is 24.9 Å². The molecule has 3 N–H and O–H groups in total. The third-order valence-corrected chi connectivity index (χ3v) is 12.0. The predicted molar refractivity (Wildman–Crippen MR) is 239 cm³/mol. The summed E-state index contributed by atoms with van der Waals surface area (Å²) in [6.07, 6.45) is 12.0. The smallest absolute Gasteiger partial charge is 0.352 e. The van der Waals surface area contributed by atoms with E-state index in [9.17, 15) is 9.90 Å². The number of likely N-dealkylation sites (N-methyl/N-ethyl adjacent to an activating group) is 1. The van der Waals surface area contributed by atoms with Crippen LogP contribution in [0, 0.1) is 26.2 Å². The number of aromatic carboxylic acids is 1. The lowest BCUT2D eigenvalue weighted by Crippen LogP contribution is -2.45. The van der Waals surface area contributed by atoms with E-state index in [1.165, 1.54) is 17.5 Å². The number of piperazine rings is 1. The van der Waals surface area contributed by atoms with Crippen LogP contribution in [-0.4, -0.2) is 119 Å². The maximum Gasteiger partial charge on any atom is 0.352 e. The van der Waals surface area contributed by atoms with Gasteiger partial charge in [-0.1, -0.05) is 62.1 Å². The van der Waals surface area contributed by atoms with E-state index in [1.807, 2.05) is 11.7 Å². The van der Waals surface area contributed by atoms with E-state index in [1.54, 1.807) is 0 Å². The van der Waals surface area contributed by atoms with Crippen LogP contribution in [0.4, 0.5) is 0 Å². The van der Waals surface area contributed by atoms with Crippen LogP contribution in [0.15, 0.2) is 34.4 Å². The highest BCUT2D eigenvalue weighted by molar-refractivity contribution is 6.32. The monoisotopic (exact) mass is 833 g/mol. The predicted octanol–water partition coefficient (Wildman–Crippen LogP) is 9.14. The number of aliphatic hydroxyl groups is 2. The molecule has 1 saturated heterocycles. The third-order valence-electron chi connectivity index (χ3n) is 11.4. The Kier molecular flexibility index (Phi) is 22.2. The Balaban J connectivity index is 0.000000824. The van der Waals surface area contributed by atoms with Crippen LogP contribution < -0.4 is 0 Å². The van der Waals surface area contributed by atoms with E-state index in [4.69, 9.17) is 31.6 Å². The summed E-state index contributed by atoms with van der Waals surface area (Å²) in [7, 11) is 5.15. The first kappa shape index (κ1) is 50.4. The van der Waals surface area contributed by atoms with Crippen molar-refractivity contribution >= 4 is 40.1 Å². The highest BCUT2D eigenvalue weighted by Crippen LogP contribution is 2.42. The molecular weight excluding hydrogens is 761 g/mol. The molecular formula is C45H73Cl2N5O5. The van der Waals surface area contributed by atoms with Gasteiger partial charge in [0.2, 0.25) is 0 Å². The van der Waals surface area contributed by atoms with Gasteiger partial charge >= 0.3 is 5.97 Å². The topological polar surface area (TPSA) is 116 Å². The zero-order chi connectivity index (χ0) is 42.9. The average Bonchev–Trinajstić information content (AvgIpc) is 3.62. The molecule has 10 nitrogen and oxygen atoms in total. The van der Waals surface area contributed by atoms with Crippen LogP contribution in [0.5, 0.6) is 0 Å². The number of unbranched alkanes of at least 4 members (excludes halogenated alkanes) is 2. The third kappa shape index (κ3) is 13.7. The molecule has 0 amide bonds. The number of carbonyl (C=O) groups is 1. The van der Waals surface area contributed by atoms with Crippen molar-refractivity contribution in [3.63, 3.8) is 0 Å². The molecule has 0 radical (unpaired) electrons. The average molecular weight is 835 g/mol. The van der Waals surface area contributed by atoms with E-state index < -0.39 is 5.97 Å². The fourth-order valence-corrected chi connectivity index (χ4v) is 8.27. The molecule has 0 spiro atoms. The van der Waals surface area contributed by atoms with E-state index >= 15 is 0 Å². The minimum Gasteiger partial charge on any atom is -0.477 e. The van der Waals surface area contributed by atoms with Crippen LogP contribution in [0.25, 0.3) is 22.0 Å². The van der Waals surface area contributed by atoms with Crippen molar-refractivity contribution in [3.8, 4) is 11.1 Å². The molecule has 1 atom stereocenters. The van der Waals surface area contributed by atoms with Gasteiger partial charge in [0.1, 0.15) is 5.69 Å². The maximum absolute atomic E-state index is 13.2. The number of fused-ring (bicyclic) bond motifs is 1. The number of hydrogen-bond donors (Lipinski definition) is 3. The molecule has 1 fully saturated rings. The van der Waals surface area contributed by atoms with E-state index in [-0.39, 0.29) is 12.0 Å². The first-order chi connectivity index (χ1) is 27.2. The van der Waals surface area contributed by atoms with E-state index in [2.05, 4.69) is 99.7 Å². The molecule has 5 rings (SSSR count). The van der Waals surface area contributed by atoms with Crippen molar-refractivity contribution in [2.24, 2.45) is 12.5 Å². The SMILES string of the molecule is CC1=CC(C)(CCCCc2c(C(=O)O)n(CCN3CCN(C)CC3)c3c(-c4c(C)nn(C)c4C)c(C)ccc23)CCC(C)=C1Cl.CCCCOCCO.CCl.CO. The Morgan fingerprint density at radius 3 is 2.19 bits per heavy atom. The van der Waals surface area contributed by atoms with Gasteiger partial charge in [-0.3, -0.25) is 9.58 Å². The molecule has 322 valence electrons. The normalized spacial score (nSPS) is 17.6. The van der Waals surface area contributed by atoms with E-state index in [0.29, 0.717) is 18.8 Å².